The van der Waals surface area contributed by atoms with Gasteiger partial charge in [0.2, 0.25) is 0 Å². The van der Waals surface area contributed by atoms with Gasteiger partial charge in [-0.1, -0.05) is 13.8 Å². The van der Waals surface area contributed by atoms with Gasteiger partial charge in [0.15, 0.2) is 11.9 Å². The molecule has 0 aliphatic heterocycles. The molecule has 0 saturated heterocycles. The maximum atomic E-state index is 12.5. The van der Waals surface area contributed by atoms with E-state index in [-0.39, 0.29) is 22.8 Å². The Hall–Kier alpha value is -2.63. The lowest BCUT2D eigenvalue weighted by Gasteiger charge is -2.21. The lowest BCUT2D eigenvalue weighted by atomic mass is 9.95. The van der Waals surface area contributed by atoms with Crippen molar-refractivity contribution in [2.24, 2.45) is 5.92 Å². The Labute approximate surface area is 133 Å². The second-order valence-corrected chi connectivity index (χ2v) is 5.40. The summed E-state index contributed by atoms with van der Waals surface area (Å²) in [6.07, 6.45) is -1.20. The molecular weight excluding hydrogens is 300 g/mol. The highest BCUT2D eigenvalue weighted by atomic mass is 16.5. The van der Waals surface area contributed by atoms with Crippen LogP contribution in [0.4, 0.5) is 0 Å². The molecule has 0 aliphatic rings. The van der Waals surface area contributed by atoms with Gasteiger partial charge in [0.1, 0.15) is 11.3 Å². The second kappa shape index (κ2) is 6.64. The van der Waals surface area contributed by atoms with Crippen LogP contribution < -0.4 is 10.4 Å². The summed E-state index contributed by atoms with van der Waals surface area (Å²) in [5.41, 5.74) is -0.140. The van der Waals surface area contributed by atoms with Crippen molar-refractivity contribution in [3.8, 4) is 5.75 Å². The molecule has 1 aromatic heterocycles. The molecule has 0 saturated carbocycles. The molecule has 0 bridgehead atoms. The minimum atomic E-state index is -1.20. The Morgan fingerprint density at radius 1 is 1.13 bits per heavy atom. The quantitative estimate of drug-likeness (QED) is 0.622. The van der Waals surface area contributed by atoms with Crippen LogP contribution >= 0.6 is 0 Å². The van der Waals surface area contributed by atoms with E-state index in [1.807, 2.05) is 0 Å². The van der Waals surface area contributed by atoms with Gasteiger partial charge in [-0.25, -0.2) is 4.79 Å². The number of carbonyl (C=O) groups excluding carboxylic acids is 2. The number of hydrogen-bond acceptors (Lipinski definition) is 6. The van der Waals surface area contributed by atoms with Crippen molar-refractivity contribution in [3.05, 3.63) is 40.2 Å². The largest absolute Gasteiger partial charge is 0.496 e. The Bertz CT molecular complexity index is 802. The first-order valence-electron chi connectivity index (χ1n) is 7.16. The van der Waals surface area contributed by atoms with E-state index in [1.54, 1.807) is 32.0 Å². The van der Waals surface area contributed by atoms with Crippen molar-refractivity contribution < 1.29 is 23.5 Å². The Morgan fingerprint density at radius 3 is 2.35 bits per heavy atom. The third-order valence-corrected chi connectivity index (χ3v) is 3.38. The number of hydrogen-bond donors (Lipinski definition) is 0. The Morgan fingerprint density at radius 2 is 1.78 bits per heavy atom. The molecule has 2 rings (SSSR count). The smallest absolute Gasteiger partial charge is 0.336 e. The molecule has 2 aromatic rings. The Balaban J connectivity index is 2.78. The number of fused-ring (bicyclic) bond motifs is 1. The lowest BCUT2D eigenvalue weighted by Crippen LogP contribution is -2.23. The van der Waals surface area contributed by atoms with Crippen LogP contribution in [0.15, 0.2) is 33.5 Å². The minimum Gasteiger partial charge on any atom is -0.496 e. The van der Waals surface area contributed by atoms with Gasteiger partial charge in [0, 0.05) is 24.3 Å². The second-order valence-electron chi connectivity index (χ2n) is 5.40. The SMILES string of the molecule is COc1ccc2ccc(=O)oc2c1[C@H](OC(C)=O)C(=O)C(C)C. The van der Waals surface area contributed by atoms with Gasteiger partial charge in [-0.2, -0.15) is 0 Å². The highest BCUT2D eigenvalue weighted by Gasteiger charge is 2.31. The fourth-order valence-electron chi connectivity index (χ4n) is 2.29. The van der Waals surface area contributed by atoms with Gasteiger partial charge >= 0.3 is 11.6 Å². The van der Waals surface area contributed by atoms with E-state index >= 15 is 0 Å². The maximum Gasteiger partial charge on any atom is 0.336 e. The molecule has 23 heavy (non-hydrogen) atoms. The average molecular weight is 318 g/mol. The number of rotatable bonds is 5. The number of ketones is 1. The van der Waals surface area contributed by atoms with Crippen LogP contribution in [0.5, 0.6) is 5.75 Å². The van der Waals surface area contributed by atoms with Crippen LogP contribution in [0, 0.1) is 5.92 Å². The molecule has 0 amide bonds. The summed E-state index contributed by atoms with van der Waals surface area (Å²) in [6.45, 7) is 4.62. The van der Waals surface area contributed by atoms with Crippen LogP contribution in [0.3, 0.4) is 0 Å². The van der Waals surface area contributed by atoms with Crippen LogP contribution in [0.1, 0.15) is 32.4 Å². The average Bonchev–Trinajstić information content (AvgIpc) is 2.50. The minimum absolute atomic E-state index is 0.178. The molecule has 0 aliphatic carbocycles. The molecule has 1 aromatic carbocycles. The fraction of sp³-hybridized carbons (Fsp3) is 0.353. The van der Waals surface area contributed by atoms with E-state index in [0.717, 1.165) is 0 Å². The van der Waals surface area contributed by atoms with Crippen molar-refractivity contribution in [1.82, 2.24) is 0 Å². The predicted octanol–water partition coefficient (Wildman–Crippen LogP) is 2.63. The van der Waals surface area contributed by atoms with Crippen molar-refractivity contribution in [2.45, 2.75) is 26.9 Å². The molecule has 0 fully saturated rings. The highest BCUT2D eigenvalue weighted by Crippen LogP contribution is 2.36. The zero-order chi connectivity index (χ0) is 17.1. The zero-order valence-corrected chi connectivity index (χ0v) is 13.4. The summed E-state index contributed by atoms with van der Waals surface area (Å²) in [5.74, 6) is -0.985. The van der Waals surface area contributed by atoms with E-state index in [9.17, 15) is 14.4 Å². The van der Waals surface area contributed by atoms with Gasteiger partial charge < -0.3 is 13.9 Å². The molecular formula is C17H18O6. The van der Waals surface area contributed by atoms with Crippen molar-refractivity contribution >= 4 is 22.7 Å². The van der Waals surface area contributed by atoms with Crippen LogP contribution in [-0.4, -0.2) is 18.9 Å². The first-order valence-corrected chi connectivity index (χ1v) is 7.16. The number of carbonyl (C=O) groups is 2. The summed E-state index contributed by atoms with van der Waals surface area (Å²) in [6, 6.07) is 6.20. The summed E-state index contributed by atoms with van der Waals surface area (Å²) in [4.78, 5) is 35.6. The molecule has 0 unspecified atom stereocenters. The first-order chi connectivity index (χ1) is 10.8. The third kappa shape index (κ3) is 3.41. The van der Waals surface area contributed by atoms with Gasteiger partial charge in [-0.05, 0) is 18.2 Å². The van der Waals surface area contributed by atoms with Crippen LogP contribution in [0.25, 0.3) is 11.0 Å². The molecule has 0 spiro atoms. The molecule has 0 N–H and O–H groups in total. The van der Waals surface area contributed by atoms with Gasteiger partial charge in [-0.3, -0.25) is 9.59 Å². The Kier molecular flexibility index (Phi) is 4.83. The van der Waals surface area contributed by atoms with Crippen molar-refractivity contribution in [2.75, 3.05) is 7.11 Å². The van der Waals surface area contributed by atoms with Gasteiger partial charge in [0.05, 0.1) is 12.7 Å². The number of ether oxygens (including phenoxy) is 2. The van der Waals surface area contributed by atoms with Crippen LogP contribution in [0.2, 0.25) is 0 Å². The maximum absolute atomic E-state index is 12.5. The van der Waals surface area contributed by atoms with Crippen molar-refractivity contribution in [1.29, 1.82) is 0 Å². The van der Waals surface area contributed by atoms with E-state index in [0.29, 0.717) is 11.1 Å². The molecule has 0 radical (unpaired) electrons. The van der Waals surface area contributed by atoms with E-state index in [4.69, 9.17) is 13.9 Å². The zero-order valence-electron chi connectivity index (χ0n) is 13.4. The molecule has 122 valence electrons. The predicted molar refractivity (Wildman–Crippen MR) is 83.4 cm³/mol. The van der Waals surface area contributed by atoms with E-state index in [1.165, 1.54) is 20.1 Å². The standard InChI is InChI=1S/C17H18O6/c1-9(2)15(20)17(22-10(3)18)14-12(21-4)7-5-11-6-8-13(19)23-16(11)14/h5-9,17H,1-4H3/t17-/m0/s1. The highest BCUT2D eigenvalue weighted by molar-refractivity contribution is 5.94. The van der Waals surface area contributed by atoms with E-state index in [2.05, 4.69) is 0 Å². The number of methoxy groups -OCH3 is 1. The van der Waals surface area contributed by atoms with Crippen LogP contribution in [-0.2, 0) is 14.3 Å². The summed E-state index contributed by atoms with van der Waals surface area (Å²) < 4.78 is 15.7. The number of Topliss-reactive ketones (excluding diaryl/α,β-unsaturated/α-hetero) is 1. The third-order valence-electron chi connectivity index (χ3n) is 3.38. The summed E-state index contributed by atoms with van der Waals surface area (Å²) in [7, 11) is 1.43. The number of esters is 1. The first kappa shape index (κ1) is 16.7. The summed E-state index contributed by atoms with van der Waals surface area (Å²) >= 11 is 0. The van der Waals surface area contributed by atoms with E-state index < -0.39 is 17.7 Å². The fourth-order valence-corrected chi connectivity index (χ4v) is 2.29. The molecule has 1 atom stereocenters. The lowest BCUT2D eigenvalue weighted by molar-refractivity contribution is -0.154. The molecule has 6 heteroatoms. The monoisotopic (exact) mass is 318 g/mol. The molecule has 1 heterocycles. The topological polar surface area (TPSA) is 82.8 Å². The van der Waals surface area contributed by atoms with Gasteiger partial charge in [-0.15, -0.1) is 0 Å². The van der Waals surface area contributed by atoms with Crippen molar-refractivity contribution in [3.63, 3.8) is 0 Å². The molecule has 6 nitrogen and oxygen atoms in total. The number of benzene rings is 1. The normalized spacial score (nSPS) is 12.2. The summed E-state index contributed by atoms with van der Waals surface area (Å²) in [5, 5.41) is 0.606. The van der Waals surface area contributed by atoms with Gasteiger partial charge in [0.25, 0.3) is 0 Å².